The lowest BCUT2D eigenvalue weighted by atomic mass is 9.99. The van der Waals surface area contributed by atoms with Gasteiger partial charge in [-0.05, 0) is 24.6 Å². The molecule has 1 saturated heterocycles. The number of halogens is 1. The predicted octanol–water partition coefficient (Wildman–Crippen LogP) is 3.09. The molecule has 1 heterocycles. The summed E-state index contributed by atoms with van der Waals surface area (Å²) >= 11 is 11.8. The van der Waals surface area contributed by atoms with Gasteiger partial charge in [0.2, 0.25) is 0 Å². The molecule has 1 atom stereocenters. The van der Waals surface area contributed by atoms with Gasteiger partial charge in [-0.25, -0.2) is 4.79 Å². The maximum absolute atomic E-state index is 12.2. The molecule has 0 aromatic heterocycles. The van der Waals surface area contributed by atoms with E-state index in [0.717, 1.165) is 11.8 Å². The lowest BCUT2D eigenvalue weighted by Crippen LogP contribution is -2.39. The molecular weight excluding hydrogens is 294 g/mol. The molecule has 0 saturated carbocycles. The second kappa shape index (κ2) is 4.53. The van der Waals surface area contributed by atoms with Gasteiger partial charge in [-0.3, -0.25) is 4.79 Å². The molecule has 2 rings (SSSR count). The Labute approximate surface area is 118 Å². The number of amides is 2. The van der Waals surface area contributed by atoms with E-state index >= 15 is 0 Å². The molecule has 7 heteroatoms. The Hall–Kier alpha value is -1.11. The quantitative estimate of drug-likeness (QED) is 0.808. The van der Waals surface area contributed by atoms with Crippen molar-refractivity contribution in [2.75, 3.05) is 0 Å². The van der Waals surface area contributed by atoms with Crippen LogP contribution in [0.4, 0.5) is 4.79 Å². The molecule has 18 heavy (non-hydrogen) atoms. The zero-order chi connectivity index (χ0) is 13.5. The van der Waals surface area contributed by atoms with Crippen LogP contribution in [-0.2, 0) is 9.54 Å². The first-order chi connectivity index (χ1) is 8.36. The molecule has 0 radical (unpaired) electrons. The van der Waals surface area contributed by atoms with Crippen molar-refractivity contribution in [3.8, 4) is 0 Å². The van der Waals surface area contributed by atoms with Crippen molar-refractivity contribution in [2.24, 2.45) is 0 Å². The molecule has 4 nitrogen and oxygen atoms in total. The van der Waals surface area contributed by atoms with Gasteiger partial charge in [-0.15, -0.1) is 0 Å². The Balaban J connectivity index is 2.44. The fourth-order valence-corrected chi connectivity index (χ4v) is 3.50. The number of carboxylic acid groups (broad SMARTS) is 1. The number of thiocarbonyl (C=S) groups is 1. The Kier molecular flexibility index (Phi) is 3.35. The summed E-state index contributed by atoms with van der Waals surface area (Å²) in [6.45, 7) is 1.65. The first kappa shape index (κ1) is 13.3. The number of hydrogen-bond acceptors (Lipinski definition) is 4. The number of rotatable bonds is 1. The van der Waals surface area contributed by atoms with Crippen LogP contribution in [0.1, 0.15) is 12.5 Å². The summed E-state index contributed by atoms with van der Waals surface area (Å²) in [5, 5.41) is 9.51. The summed E-state index contributed by atoms with van der Waals surface area (Å²) in [5.41, 5.74) is 0.674. The molecule has 1 aliphatic rings. The Morgan fingerprint density at radius 3 is 2.44 bits per heavy atom. The lowest BCUT2D eigenvalue weighted by molar-refractivity contribution is -0.127. The maximum Gasteiger partial charge on any atom is 0.419 e. The summed E-state index contributed by atoms with van der Waals surface area (Å²) in [6.07, 6.45) is -1.35. The lowest BCUT2D eigenvalue weighted by Gasteiger charge is -2.20. The van der Waals surface area contributed by atoms with Crippen molar-refractivity contribution in [3.05, 3.63) is 34.9 Å². The van der Waals surface area contributed by atoms with Crippen LogP contribution in [-0.4, -0.2) is 26.3 Å². The number of hydrogen-bond donors (Lipinski definition) is 1. The van der Waals surface area contributed by atoms with Crippen molar-refractivity contribution < 1.29 is 14.7 Å². The first-order valence-corrected chi connectivity index (χ1v) is 6.53. The number of nitrogens with zero attached hydrogens (tertiary/aromatic N) is 1. The van der Waals surface area contributed by atoms with Crippen LogP contribution >= 0.6 is 35.6 Å². The van der Waals surface area contributed by atoms with Gasteiger partial charge in [-0.1, -0.05) is 47.7 Å². The fourth-order valence-electron chi connectivity index (χ4n) is 1.68. The minimum absolute atomic E-state index is 0.0463. The Morgan fingerprint density at radius 2 is 2.00 bits per heavy atom. The van der Waals surface area contributed by atoms with Crippen LogP contribution < -0.4 is 0 Å². The van der Waals surface area contributed by atoms with Gasteiger partial charge >= 0.3 is 6.09 Å². The second-order valence-electron chi connectivity index (χ2n) is 3.83. The standard InChI is InChI=1S/C11H8ClNO3S2/c1-11(6-2-4-7(12)5-3-6)8(14)13(9(15)16)10(17)18-11/h2-5H,1H3,(H,15,16). The van der Waals surface area contributed by atoms with Gasteiger partial charge in [0, 0.05) is 5.02 Å². The summed E-state index contributed by atoms with van der Waals surface area (Å²) in [7, 11) is 0. The van der Waals surface area contributed by atoms with E-state index in [-0.39, 0.29) is 4.32 Å². The maximum atomic E-state index is 12.2. The Morgan fingerprint density at radius 1 is 1.44 bits per heavy atom. The van der Waals surface area contributed by atoms with Crippen molar-refractivity contribution in [2.45, 2.75) is 11.7 Å². The van der Waals surface area contributed by atoms with Crippen LogP contribution in [0.3, 0.4) is 0 Å². The minimum Gasteiger partial charge on any atom is -0.464 e. The summed E-state index contributed by atoms with van der Waals surface area (Å²) in [6, 6.07) is 6.70. The number of thioether (sulfide) groups is 1. The van der Waals surface area contributed by atoms with Gasteiger partial charge in [-0.2, -0.15) is 4.90 Å². The largest absolute Gasteiger partial charge is 0.464 e. The highest BCUT2D eigenvalue weighted by Gasteiger charge is 2.51. The van der Waals surface area contributed by atoms with E-state index in [9.17, 15) is 9.59 Å². The van der Waals surface area contributed by atoms with Gasteiger partial charge < -0.3 is 5.11 Å². The molecule has 1 N–H and O–H groups in total. The minimum atomic E-state index is -1.35. The van der Waals surface area contributed by atoms with Crippen LogP contribution in [0.5, 0.6) is 0 Å². The fraction of sp³-hybridized carbons (Fsp3) is 0.182. The van der Waals surface area contributed by atoms with Crippen molar-refractivity contribution in [3.63, 3.8) is 0 Å². The van der Waals surface area contributed by atoms with Crippen LogP contribution in [0, 0.1) is 0 Å². The summed E-state index contributed by atoms with van der Waals surface area (Å²) in [5.74, 6) is -0.549. The van der Waals surface area contributed by atoms with Gasteiger partial charge in [0.1, 0.15) is 4.75 Å². The first-order valence-electron chi connectivity index (χ1n) is 4.93. The molecule has 2 amide bonds. The van der Waals surface area contributed by atoms with Crippen LogP contribution in [0.25, 0.3) is 0 Å². The third kappa shape index (κ3) is 2.00. The molecule has 1 fully saturated rings. The molecule has 1 unspecified atom stereocenters. The molecule has 1 aromatic rings. The number of carbonyl (C=O) groups excluding carboxylic acids is 1. The molecule has 0 spiro atoms. The average Bonchev–Trinajstić information content (AvgIpc) is 2.51. The summed E-state index contributed by atoms with van der Waals surface area (Å²) in [4.78, 5) is 23.8. The van der Waals surface area contributed by atoms with E-state index < -0.39 is 16.7 Å². The zero-order valence-electron chi connectivity index (χ0n) is 9.21. The van der Waals surface area contributed by atoms with Crippen molar-refractivity contribution >= 4 is 51.9 Å². The van der Waals surface area contributed by atoms with E-state index in [4.69, 9.17) is 28.9 Å². The topological polar surface area (TPSA) is 57.6 Å². The van der Waals surface area contributed by atoms with E-state index in [1.807, 2.05) is 0 Å². The summed E-state index contributed by atoms with van der Waals surface area (Å²) < 4.78 is -0.968. The number of carbonyl (C=O) groups is 2. The van der Waals surface area contributed by atoms with Crippen molar-refractivity contribution in [1.29, 1.82) is 0 Å². The van der Waals surface area contributed by atoms with Gasteiger partial charge in [0.15, 0.2) is 4.32 Å². The SMILES string of the molecule is CC1(c2ccc(Cl)cc2)SC(=S)N(C(=O)O)C1=O. The smallest absolute Gasteiger partial charge is 0.419 e. The van der Waals surface area contributed by atoms with E-state index in [2.05, 4.69) is 0 Å². The van der Waals surface area contributed by atoms with Crippen LogP contribution in [0.2, 0.25) is 5.02 Å². The van der Waals surface area contributed by atoms with E-state index in [0.29, 0.717) is 15.5 Å². The molecular formula is C11H8ClNO3S2. The molecule has 1 aliphatic heterocycles. The van der Waals surface area contributed by atoms with Gasteiger partial charge in [0.25, 0.3) is 5.91 Å². The zero-order valence-corrected chi connectivity index (χ0v) is 11.6. The Bertz CT molecular complexity index is 546. The monoisotopic (exact) mass is 301 g/mol. The normalized spacial score (nSPS) is 23.6. The van der Waals surface area contributed by atoms with E-state index in [1.165, 1.54) is 0 Å². The molecule has 0 bridgehead atoms. The second-order valence-corrected chi connectivity index (χ2v) is 6.32. The highest BCUT2D eigenvalue weighted by molar-refractivity contribution is 8.24. The molecule has 1 aromatic carbocycles. The highest BCUT2D eigenvalue weighted by Crippen LogP contribution is 2.45. The highest BCUT2D eigenvalue weighted by atomic mass is 35.5. The predicted molar refractivity (Wildman–Crippen MR) is 73.9 cm³/mol. The third-order valence-corrected chi connectivity index (χ3v) is 4.53. The number of benzene rings is 1. The third-order valence-electron chi connectivity index (χ3n) is 2.67. The average molecular weight is 302 g/mol. The van der Waals surface area contributed by atoms with E-state index in [1.54, 1.807) is 31.2 Å². The van der Waals surface area contributed by atoms with Crippen molar-refractivity contribution in [1.82, 2.24) is 4.90 Å². The van der Waals surface area contributed by atoms with Crippen LogP contribution in [0.15, 0.2) is 24.3 Å². The molecule has 0 aliphatic carbocycles. The molecule has 94 valence electrons. The van der Waals surface area contributed by atoms with Gasteiger partial charge in [0.05, 0.1) is 0 Å². The number of imide groups is 1.